The van der Waals surface area contributed by atoms with E-state index >= 15 is 0 Å². The first-order chi connectivity index (χ1) is 8.61. The van der Waals surface area contributed by atoms with Crippen LogP contribution in [-0.2, 0) is 6.54 Å². The second kappa shape index (κ2) is 5.95. The van der Waals surface area contributed by atoms with Gasteiger partial charge < -0.3 is 10.4 Å². The van der Waals surface area contributed by atoms with E-state index in [0.717, 1.165) is 56.1 Å². The summed E-state index contributed by atoms with van der Waals surface area (Å²) in [6.07, 6.45) is 2.77. The number of nitrogens with zero attached hydrogens (tertiary/aromatic N) is 3. The summed E-state index contributed by atoms with van der Waals surface area (Å²) in [4.78, 5) is 2.34. The number of hydrogen-bond donors (Lipinski definition) is 2. The van der Waals surface area contributed by atoms with Gasteiger partial charge in [-0.05, 0) is 26.2 Å². The molecule has 1 aliphatic rings. The third kappa shape index (κ3) is 3.63. The molecule has 0 saturated carbocycles. The van der Waals surface area contributed by atoms with Gasteiger partial charge in [-0.25, -0.2) is 0 Å². The molecule has 2 N–H and O–H groups in total. The van der Waals surface area contributed by atoms with Gasteiger partial charge >= 0.3 is 0 Å². The SMILES string of the molecule is CCCNc1snnc1CN1CCC(C)(O)CC1. The molecule has 1 aromatic rings. The number of hydrogen-bond acceptors (Lipinski definition) is 6. The Kier molecular flexibility index (Phi) is 4.53. The van der Waals surface area contributed by atoms with Crippen LogP contribution in [0.15, 0.2) is 0 Å². The summed E-state index contributed by atoms with van der Waals surface area (Å²) >= 11 is 1.43. The largest absolute Gasteiger partial charge is 0.390 e. The molecule has 1 saturated heterocycles. The molecule has 0 aromatic carbocycles. The summed E-state index contributed by atoms with van der Waals surface area (Å²) in [7, 11) is 0. The van der Waals surface area contributed by atoms with E-state index in [0.29, 0.717) is 0 Å². The topological polar surface area (TPSA) is 61.3 Å². The molecule has 0 amide bonds. The number of nitrogens with one attached hydrogen (secondary N) is 1. The van der Waals surface area contributed by atoms with Gasteiger partial charge in [0.1, 0.15) is 10.7 Å². The van der Waals surface area contributed by atoms with Gasteiger partial charge in [-0.3, -0.25) is 4.90 Å². The minimum atomic E-state index is -0.486. The minimum Gasteiger partial charge on any atom is -0.390 e. The standard InChI is InChI=1S/C12H22N4OS/c1-3-6-13-11-10(14-15-18-11)9-16-7-4-12(2,17)5-8-16/h13,17H,3-9H2,1-2H3. The Balaban J connectivity index is 1.88. The van der Waals surface area contributed by atoms with Crippen molar-refractivity contribution < 1.29 is 5.11 Å². The molecule has 0 atom stereocenters. The Morgan fingerprint density at radius 1 is 1.44 bits per heavy atom. The molecule has 0 radical (unpaired) electrons. The van der Waals surface area contributed by atoms with E-state index in [4.69, 9.17) is 0 Å². The van der Waals surface area contributed by atoms with Gasteiger partial charge in [0.15, 0.2) is 0 Å². The lowest BCUT2D eigenvalue weighted by atomic mass is 9.94. The summed E-state index contributed by atoms with van der Waals surface area (Å²) < 4.78 is 4.02. The third-order valence-corrected chi connectivity index (χ3v) is 4.12. The van der Waals surface area contributed by atoms with Crippen LogP contribution in [0, 0.1) is 0 Å². The highest BCUT2D eigenvalue weighted by Gasteiger charge is 2.27. The zero-order chi connectivity index (χ0) is 13.0. The van der Waals surface area contributed by atoms with Crippen molar-refractivity contribution in [2.75, 3.05) is 25.0 Å². The van der Waals surface area contributed by atoms with Crippen LogP contribution in [0.5, 0.6) is 0 Å². The van der Waals surface area contributed by atoms with E-state index in [1.54, 1.807) is 0 Å². The summed E-state index contributed by atoms with van der Waals surface area (Å²) in [6, 6.07) is 0. The fraction of sp³-hybridized carbons (Fsp3) is 0.833. The molecule has 0 aliphatic carbocycles. The quantitative estimate of drug-likeness (QED) is 0.853. The Morgan fingerprint density at radius 3 is 2.83 bits per heavy atom. The van der Waals surface area contributed by atoms with Crippen molar-refractivity contribution in [3.05, 3.63) is 5.69 Å². The van der Waals surface area contributed by atoms with E-state index in [1.165, 1.54) is 11.5 Å². The van der Waals surface area contributed by atoms with Crippen LogP contribution in [0.25, 0.3) is 0 Å². The zero-order valence-corrected chi connectivity index (χ0v) is 12.0. The number of anilines is 1. The highest BCUT2D eigenvalue weighted by Crippen LogP contribution is 2.24. The van der Waals surface area contributed by atoms with E-state index in [2.05, 4.69) is 26.7 Å². The Labute approximate surface area is 112 Å². The second-order valence-electron chi connectivity index (χ2n) is 5.25. The van der Waals surface area contributed by atoms with Crippen molar-refractivity contribution in [3.63, 3.8) is 0 Å². The molecule has 6 heteroatoms. The van der Waals surface area contributed by atoms with Gasteiger partial charge in [0.2, 0.25) is 0 Å². The van der Waals surface area contributed by atoms with Crippen LogP contribution >= 0.6 is 11.5 Å². The van der Waals surface area contributed by atoms with Crippen LogP contribution in [-0.4, -0.2) is 44.8 Å². The molecule has 2 heterocycles. The van der Waals surface area contributed by atoms with Crippen molar-refractivity contribution in [3.8, 4) is 0 Å². The smallest absolute Gasteiger partial charge is 0.134 e. The van der Waals surface area contributed by atoms with Crippen molar-refractivity contribution in [1.82, 2.24) is 14.5 Å². The molecule has 1 aliphatic heterocycles. The summed E-state index contributed by atoms with van der Waals surface area (Å²) in [6.45, 7) is 7.72. The molecule has 1 aromatic heterocycles. The lowest BCUT2D eigenvalue weighted by Crippen LogP contribution is -2.42. The van der Waals surface area contributed by atoms with Gasteiger partial charge in [-0.15, -0.1) is 5.10 Å². The zero-order valence-electron chi connectivity index (χ0n) is 11.1. The molecule has 2 rings (SSSR count). The van der Waals surface area contributed by atoms with Crippen molar-refractivity contribution in [2.24, 2.45) is 0 Å². The molecule has 0 bridgehead atoms. The molecular weight excluding hydrogens is 248 g/mol. The first-order valence-corrected chi connectivity index (χ1v) is 7.38. The lowest BCUT2D eigenvalue weighted by molar-refractivity contribution is -0.00752. The first kappa shape index (κ1) is 13.7. The monoisotopic (exact) mass is 270 g/mol. The Hall–Kier alpha value is -0.720. The van der Waals surface area contributed by atoms with Gasteiger partial charge in [-0.2, -0.15) is 0 Å². The maximum Gasteiger partial charge on any atom is 0.134 e. The number of likely N-dealkylation sites (tertiary alicyclic amines) is 1. The maximum atomic E-state index is 9.92. The molecule has 1 fully saturated rings. The normalized spacial score (nSPS) is 19.9. The molecule has 102 valence electrons. The predicted molar refractivity (Wildman–Crippen MR) is 73.8 cm³/mol. The van der Waals surface area contributed by atoms with Crippen LogP contribution in [0.3, 0.4) is 0 Å². The van der Waals surface area contributed by atoms with Gasteiger partial charge in [-0.1, -0.05) is 11.4 Å². The average molecular weight is 270 g/mol. The maximum absolute atomic E-state index is 9.92. The summed E-state index contributed by atoms with van der Waals surface area (Å²) in [5.41, 5.74) is 0.551. The van der Waals surface area contributed by atoms with E-state index < -0.39 is 5.60 Å². The predicted octanol–water partition coefficient (Wildman–Crippen LogP) is 1.71. The first-order valence-electron chi connectivity index (χ1n) is 6.60. The molecule has 18 heavy (non-hydrogen) atoms. The van der Waals surface area contributed by atoms with Crippen molar-refractivity contribution in [1.29, 1.82) is 0 Å². The lowest BCUT2D eigenvalue weighted by Gasteiger charge is -2.35. The average Bonchev–Trinajstić information content (AvgIpc) is 2.77. The van der Waals surface area contributed by atoms with Crippen LogP contribution in [0.4, 0.5) is 5.00 Å². The van der Waals surface area contributed by atoms with Crippen molar-refractivity contribution >= 4 is 16.5 Å². The van der Waals surface area contributed by atoms with Crippen molar-refractivity contribution in [2.45, 2.75) is 45.3 Å². The Morgan fingerprint density at radius 2 is 2.17 bits per heavy atom. The second-order valence-corrected chi connectivity index (χ2v) is 6.00. The van der Waals surface area contributed by atoms with E-state index in [1.807, 2.05) is 6.92 Å². The molecule has 0 unspecified atom stereocenters. The van der Waals surface area contributed by atoms with E-state index in [9.17, 15) is 5.11 Å². The minimum absolute atomic E-state index is 0.486. The number of rotatable bonds is 5. The summed E-state index contributed by atoms with van der Waals surface area (Å²) in [5.74, 6) is 0. The highest BCUT2D eigenvalue weighted by molar-refractivity contribution is 7.10. The van der Waals surface area contributed by atoms with Crippen LogP contribution in [0.2, 0.25) is 0 Å². The number of piperidine rings is 1. The van der Waals surface area contributed by atoms with Crippen LogP contribution in [0.1, 0.15) is 38.8 Å². The summed E-state index contributed by atoms with van der Waals surface area (Å²) in [5, 5.41) is 18.6. The fourth-order valence-corrected chi connectivity index (χ4v) is 2.69. The fourth-order valence-electron chi connectivity index (χ4n) is 2.09. The molecule has 5 nitrogen and oxygen atoms in total. The van der Waals surface area contributed by atoms with Crippen LogP contribution < -0.4 is 5.32 Å². The highest BCUT2D eigenvalue weighted by atomic mass is 32.1. The van der Waals surface area contributed by atoms with Gasteiger partial charge in [0, 0.05) is 37.7 Å². The van der Waals surface area contributed by atoms with Gasteiger partial charge in [0.25, 0.3) is 0 Å². The number of aliphatic hydroxyl groups is 1. The Bertz CT molecular complexity index is 370. The molecular formula is C12H22N4OS. The molecule has 0 spiro atoms. The van der Waals surface area contributed by atoms with E-state index in [-0.39, 0.29) is 0 Å². The number of aromatic nitrogens is 2. The van der Waals surface area contributed by atoms with Gasteiger partial charge in [0.05, 0.1) is 5.60 Å². The third-order valence-electron chi connectivity index (χ3n) is 3.40.